The zero-order valence-electron chi connectivity index (χ0n) is 14.3. The van der Waals surface area contributed by atoms with E-state index in [9.17, 15) is 4.79 Å². The molecule has 0 spiro atoms. The smallest absolute Gasteiger partial charge is 0.185 e. The van der Waals surface area contributed by atoms with Crippen LogP contribution in [0.4, 0.5) is 0 Å². The second kappa shape index (κ2) is 6.52. The van der Waals surface area contributed by atoms with Gasteiger partial charge in [-0.2, -0.15) is 0 Å². The molecule has 3 heteroatoms. The van der Waals surface area contributed by atoms with Crippen LogP contribution in [0.2, 0.25) is 0 Å². The van der Waals surface area contributed by atoms with Crippen LogP contribution in [0, 0.1) is 0 Å². The van der Waals surface area contributed by atoms with Crippen molar-refractivity contribution in [2.45, 2.75) is 26.2 Å². The predicted molar refractivity (Wildman–Crippen MR) is 95.9 cm³/mol. The fourth-order valence-electron chi connectivity index (χ4n) is 2.57. The van der Waals surface area contributed by atoms with Crippen LogP contribution in [0.15, 0.2) is 48.5 Å². The Hall–Kier alpha value is -2.55. The zero-order chi connectivity index (χ0) is 17.2. The van der Waals surface area contributed by atoms with E-state index < -0.39 is 0 Å². The minimum absolute atomic E-state index is 0.00894. The Balaban J connectivity index is 1.73. The molecule has 0 unspecified atom stereocenters. The van der Waals surface area contributed by atoms with Crippen molar-refractivity contribution in [2.24, 2.45) is 0 Å². The molecule has 0 saturated carbocycles. The first-order valence-electron chi connectivity index (χ1n) is 8.16. The van der Waals surface area contributed by atoms with Gasteiger partial charge in [0, 0.05) is 5.56 Å². The first-order chi connectivity index (χ1) is 11.4. The Morgan fingerprint density at radius 2 is 1.62 bits per heavy atom. The molecule has 2 aromatic rings. The lowest BCUT2D eigenvalue weighted by Crippen LogP contribution is -2.15. The van der Waals surface area contributed by atoms with Gasteiger partial charge in [-0.3, -0.25) is 4.79 Å². The van der Waals surface area contributed by atoms with Crippen LogP contribution in [0.5, 0.6) is 11.5 Å². The number of hydrogen-bond acceptors (Lipinski definition) is 3. The van der Waals surface area contributed by atoms with E-state index in [1.165, 1.54) is 5.56 Å². The monoisotopic (exact) mass is 322 g/mol. The molecule has 1 aliphatic rings. The van der Waals surface area contributed by atoms with Crippen molar-refractivity contribution in [3.8, 4) is 11.5 Å². The second-order valence-corrected chi connectivity index (χ2v) is 6.93. The van der Waals surface area contributed by atoms with Crippen molar-refractivity contribution in [3.05, 3.63) is 65.2 Å². The van der Waals surface area contributed by atoms with Gasteiger partial charge < -0.3 is 9.47 Å². The summed E-state index contributed by atoms with van der Waals surface area (Å²) >= 11 is 0. The number of benzene rings is 2. The highest BCUT2D eigenvalue weighted by Gasteiger charge is 2.14. The summed E-state index contributed by atoms with van der Waals surface area (Å²) in [6.45, 7) is 7.60. The van der Waals surface area contributed by atoms with E-state index >= 15 is 0 Å². The highest BCUT2D eigenvalue weighted by molar-refractivity contribution is 6.06. The third kappa shape index (κ3) is 3.67. The van der Waals surface area contributed by atoms with Gasteiger partial charge >= 0.3 is 0 Å². The summed E-state index contributed by atoms with van der Waals surface area (Å²) in [6, 6.07) is 13.5. The molecule has 2 aromatic carbocycles. The van der Waals surface area contributed by atoms with Gasteiger partial charge in [0.1, 0.15) is 13.2 Å². The van der Waals surface area contributed by atoms with E-state index in [4.69, 9.17) is 9.47 Å². The van der Waals surface area contributed by atoms with Crippen molar-refractivity contribution in [1.82, 2.24) is 0 Å². The molecule has 3 nitrogen and oxygen atoms in total. The molecule has 0 radical (unpaired) electrons. The molecule has 24 heavy (non-hydrogen) atoms. The molecular formula is C21H22O3. The van der Waals surface area contributed by atoms with Crippen molar-refractivity contribution in [1.29, 1.82) is 0 Å². The van der Waals surface area contributed by atoms with Crippen LogP contribution in [-0.2, 0) is 5.41 Å². The number of fused-ring (bicyclic) bond motifs is 1. The molecule has 0 N–H and O–H groups in total. The van der Waals surface area contributed by atoms with Gasteiger partial charge in [0.15, 0.2) is 17.3 Å². The maximum atomic E-state index is 12.3. The van der Waals surface area contributed by atoms with Gasteiger partial charge in [0.05, 0.1) is 0 Å². The van der Waals surface area contributed by atoms with Crippen LogP contribution >= 0.6 is 0 Å². The topological polar surface area (TPSA) is 35.5 Å². The maximum Gasteiger partial charge on any atom is 0.185 e. The number of carbonyl (C=O) groups excluding carboxylic acids is 1. The van der Waals surface area contributed by atoms with Gasteiger partial charge in [0.2, 0.25) is 0 Å². The van der Waals surface area contributed by atoms with E-state index in [2.05, 4.69) is 20.8 Å². The number of rotatable bonds is 3. The average molecular weight is 322 g/mol. The quantitative estimate of drug-likeness (QED) is 0.609. The third-order valence-corrected chi connectivity index (χ3v) is 4.03. The lowest BCUT2D eigenvalue weighted by Gasteiger charge is -2.18. The molecule has 0 aromatic heterocycles. The molecule has 124 valence electrons. The van der Waals surface area contributed by atoms with Gasteiger partial charge in [-0.05, 0) is 34.8 Å². The summed E-state index contributed by atoms with van der Waals surface area (Å²) < 4.78 is 11.1. The summed E-state index contributed by atoms with van der Waals surface area (Å²) in [5.41, 5.74) is 2.91. The minimum Gasteiger partial charge on any atom is -0.486 e. The molecule has 0 bridgehead atoms. The molecular weight excluding hydrogens is 300 g/mol. The molecule has 0 aliphatic carbocycles. The normalized spacial score (nSPS) is 14.0. The predicted octanol–water partition coefficient (Wildman–Crippen LogP) is 4.65. The number of allylic oxidation sites excluding steroid dienone is 1. The Bertz CT molecular complexity index is 765. The Morgan fingerprint density at radius 3 is 2.29 bits per heavy atom. The van der Waals surface area contributed by atoms with Crippen LogP contribution in [0.25, 0.3) is 6.08 Å². The lowest BCUT2D eigenvalue weighted by molar-refractivity contribution is 0.104. The largest absolute Gasteiger partial charge is 0.486 e. The Kier molecular flexibility index (Phi) is 4.43. The van der Waals surface area contributed by atoms with E-state index in [-0.39, 0.29) is 11.2 Å². The fourth-order valence-corrected chi connectivity index (χ4v) is 2.57. The van der Waals surface area contributed by atoms with Crippen molar-refractivity contribution in [2.75, 3.05) is 13.2 Å². The van der Waals surface area contributed by atoms with E-state index in [0.717, 1.165) is 17.1 Å². The van der Waals surface area contributed by atoms with Gasteiger partial charge in [-0.15, -0.1) is 0 Å². The van der Waals surface area contributed by atoms with Crippen molar-refractivity contribution >= 4 is 11.9 Å². The molecule has 0 amide bonds. The molecule has 1 aliphatic heterocycles. The summed E-state index contributed by atoms with van der Waals surface area (Å²) in [6.07, 6.45) is 3.40. The maximum absolute atomic E-state index is 12.3. The molecule has 0 saturated heterocycles. The van der Waals surface area contributed by atoms with Crippen LogP contribution in [0.1, 0.15) is 42.3 Å². The van der Waals surface area contributed by atoms with Crippen molar-refractivity contribution in [3.63, 3.8) is 0 Å². The summed E-state index contributed by atoms with van der Waals surface area (Å²) in [5, 5.41) is 0. The SMILES string of the molecule is CC(C)(C)c1ccc(C(=O)C=Cc2ccc3c(c2)OCCO3)cc1. The first kappa shape index (κ1) is 16.3. The van der Waals surface area contributed by atoms with E-state index in [1.54, 1.807) is 12.2 Å². The highest BCUT2D eigenvalue weighted by Crippen LogP contribution is 2.31. The fraction of sp³-hybridized carbons (Fsp3) is 0.286. The molecule has 3 rings (SSSR count). The van der Waals surface area contributed by atoms with Gasteiger partial charge in [-0.25, -0.2) is 0 Å². The van der Waals surface area contributed by atoms with Crippen LogP contribution in [0.3, 0.4) is 0 Å². The average Bonchev–Trinajstić information content (AvgIpc) is 2.59. The third-order valence-electron chi connectivity index (χ3n) is 4.03. The number of ketones is 1. The summed E-state index contributed by atoms with van der Waals surface area (Å²) in [7, 11) is 0. The molecule has 0 fully saturated rings. The number of carbonyl (C=O) groups is 1. The molecule has 0 atom stereocenters. The van der Waals surface area contributed by atoms with E-state index in [0.29, 0.717) is 18.8 Å². The Labute approximate surface area is 142 Å². The second-order valence-electron chi connectivity index (χ2n) is 6.93. The van der Waals surface area contributed by atoms with Crippen LogP contribution < -0.4 is 9.47 Å². The zero-order valence-corrected chi connectivity index (χ0v) is 14.3. The highest BCUT2D eigenvalue weighted by atomic mass is 16.6. The minimum atomic E-state index is -0.00894. The van der Waals surface area contributed by atoms with Gasteiger partial charge in [-0.1, -0.05) is 57.2 Å². The Morgan fingerprint density at radius 1 is 0.958 bits per heavy atom. The summed E-state index contributed by atoms with van der Waals surface area (Å²) in [5.74, 6) is 1.47. The molecule has 1 heterocycles. The van der Waals surface area contributed by atoms with Crippen LogP contribution in [-0.4, -0.2) is 19.0 Å². The van der Waals surface area contributed by atoms with Gasteiger partial charge in [0.25, 0.3) is 0 Å². The lowest BCUT2D eigenvalue weighted by atomic mass is 9.86. The first-order valence-corrected chi connectivity index (χ1v) is 8.16. The van der Waals surface area contributed by atoms with E-state index in [1.807, 2.05) is 42.5 Å². The standard InChI is InChI=1S/C21H22O3/c1-21(2,3)17-8-6-16(7-9-17)18(22)10-4-15-5-11-19-20(14-15)24-13-12-23-19/h4-11,14H,12-13H2,1-3H3. The summed E-state index contributed by atoms with van der Waals surface area (Å²) in [4.78, 5) is 12.3. The van der Waals surface area contributed by atoms with Crippen molar-refractivity contribution < 1.29 is 14.3 Å². The number of hydrogen-bond donors (Lipinski definition) is 0. The number of ether oxygens (including phenoxy) is 2.